The van der Waals surface area contributed by atoms with Crippen LogP contribution in [-0.2, 0) is 4.79 Å². The molecule has 1 atom stereocenters. The molecular weight excluding hydrogens is 224 g/mol. The molecule has 0 aromatic rings. The number of nitrogens with zero attached hydrogens (tertiary/aromatic N) is 2. The quantitative estimate of drug-likeness (QED) is 0.754. The zero-order chi connectivity index (χ0) is 13.0. The first kappa shape index (κ1) is 13.9. The molecule has 2 aliphatic heterocycles. The summed E-state index contributed by atoms with van der Waals surface area (Å²) in [4.78, 5) is 17.2. The molecule has 1 unspecified atom stereocenters. The summed E-state index contributed by atoms with van der Waals surface area (Å²) >= 11 is 0. The summed E-state index contributed by atoms with van der Waals surface area (Å²) in [5.74, 6) is 0.696. The SMILES string of the molecule is CC(C)N1CCCC(C(=O)N2CCCCCC2)C1. The van der Waals surface area contributed by atoms with E-state index in [2.05, 4.69) is 23.6 Å². The maximum Gasteiger partial charge on any atom is 0.226 e. The van der Waals surface area contributed by atoms with Crippen molar-refractivity contribution in [1.29, 1.82) is 0 Å². The van der Waals surface area contributed by atoms with E-state index in [1.807, 2.05) is 0 Å². The van der Waals surface area contributed by atoms with Crippen molar-refractivity contribution in [2.75, 3.05) is 26.2 Å². The summed E-state index contributed by atoms with van der Waals surface area (Å²) in [5, 5.41) is 0. The lowest BCUT2D eigenvalue weighted by atomic mass is 9.95. The number of hydrogen-bond acceptors (Lipinski definition) is 2. The van der Waals surface area contributed by atoms with E-state index in [-0.39, 0.29) is 5.92 Å². The van der Waals surface area contributed by atoms with Gasteiger partial charge in [-0.25, -0.2) is 0 Å². The molecule has 0 aliphatic carbocycles. The Kier molecular flexibility index (Phi) is 5.04. The van der Waals surface area contributed by atoms with E-state index in [0.717, 1.165) is 26.1 Å². The second-order valence-corrected chi connectivity index (χ2v) is 6.17. The Morgan fingerprint density at radius 3 is 2.28 bits per heavy atom. The van der Waals surface area contributed by atoms with Gasteiger partial charge >= 0.3 is 0 Å². The number of piperidine rings is 1. The molecule has 2 aliphatic rings. The van der Waals surface area contributed by atoms with Crippen LogP contribution in [0.5, 0.6) is 0 Å². The van der Waals surface area contributed by atoms with Crippen LogP contribution in [0.1, 0.15) is 52.4 Å². The minimum Gasteiger partial charge on any atom is -0.342 e. The molecule has 0 N–H and O–H groups in total. The third-order valence-electron chi connectivity index (χ3n) is 4.45. The van der Waals surface area contributed by atoms with Crippen LogP contribution < -0.4 is 0 Å². The van der Waals surface area contributed by atoms with E-state index in [9.17, 15) is 4.79 Å². The molecule has 0 bridgehead atoms. The van der Waals surface area contributed by atoms with Crippen molar-refractivity contribution in [1.82, 2.24) is 9.80 Å². The number of amides is 1. The molecule has 104 valence electrons. The largest absolute Gasteiger partial charge is 0.342 e. The maximum absolute atomic E-state index is 12.6. The van der Waals surface area contributed by atoms with Gasteiger partial charge in [0.1, 0.15) is 0 Å². The van der Waals surface area contributed by atoms with E-state index in [4.69, 9.17) is 0 Å². The maximum atomic E-state index is 12.6. The van der Waals surface area contributed by atoms with Crippen LogP contribution in [-0.4, -0.2) is 47.9 Å². The molecule has 0 saturated carbocycles. The first-order valence-corrected chi connectivity index (χ1v) is 7.71. The van der Waals surface area contributed by atoms with Crippen molar-refractivity contribution in [2.24, 2.45) is 5.92 Å². The smallest absolute Gasteiger partial charge is 0.226 e. The fourth-order valence-corrected chi connectivity index (χ4v) is 3.23. The third kappa shape index (κ3) is 3.47. The number of likely N-dealkylation sites (tertiary alicyclic amines) is 2. The number of carbonyl (C=O) groups excluding carboxylic acids is 1. The van der Waals surface area contributed by atoms with Crippen molar-refractivity contribution in [3.8, 4) is 0 Å². The number of rotatable bonds is 2. The average Bonchev–Trinajstić information content (AvgIpc) is 2.67. The zero-order valence-corrected chi connectivity index (χ0v) is 12.0. The minimum absolute atomic E-state index is 0.263. The van der Waals surface area contributed by atoms with E-state index in [1.54, 1.807) is 0 Å². The van der Waals surface area contributed by atoms with Gasteiger partial charge in [-0.15, -0.1) is 0 Å². The highest BCUT2D eigenvalue weighted by Gasteiger charge is 2.30. The first-order chi connectivity index (χ1) is 8.68. The van der Waals surface area contributed by atoms with E-state index in [0.29, 0.717) is 11.9 Å². The lowest BCUT2D eigenvalue weighted by Gasteiger charge is -2.36. The fraction of sp³-hybridized carbons (Fsp3) is 0.933. The topological polar surface area (TPSA) is 23.6 Å². The Bertz CT molecular complexity index is 270. The fourth-order valence-electron chi connectivity index (χ4n) is 3.23. The number of carbonyl (C=O) groups is 1. The molecular formula is C15H28N2O. The van der Waals surface area contributed by atoms with Crippen LogP contribution in [0, 0.1) is 5.92 Å². The lowest BCUT2D eigenvalue weighted by Crippen LogP contribution is -2.47. The molecule has 0 spiro atoms. The molecule has 0 aromatic carbocycles. The Balaban J connectivity index is 1.90. The Morgan fingerprint density at radius 1 is 1.00 bits per heavy atom. The van der Waals surface area contributed by atoms with Gasteiger partial charge in [-0.2, -0.15) is 0 Å². The van der Waals surface area contributed by atoms with Gasteiger partial charge < -0.3 is 9.80 Å². The van der Waals surface area contributed by atoms with Gasteiger partial charge in [0.25, 0.3) is 0 Å². The molecule has 18 heavy (non-hydrogen) atoms. The van der Waals surface area contributed by atoms with Gasteiger partial charge in [-0.05, 0) is 46.1 Å². The van der Waals surface area contributed by atoms with Crippen LogP contribution in [0.15, 0.2) is 0 Å². The minimum atomic E-state index is 0.263. The molecule has 2 saturated heterocycles. The van der Waals surface area contributed by atoms with Crippen molar-refractivity contribution in [3.63, 3.8) is 0 Å². The highest BCUT2D eigenvalue weighted by Crippen LogP contribution is 2.22. The molecule has 1 amide bonds. The van der Waals surface area contributed by atoms with Crippen molar-refractivity contribution in [2.45, 2.75) is 58.4 Å². The van der Waals surface area contributed by atoms with Crippen LogP contribution in [0.2, 0.25) is 0 Å². The van der Waals surface area contributed by atoms with Crippen molar-refractivity contribution in [3.05, 3.63) is 0 Å². The average molecular weight is 252 g/mol. The van der Waals surface area contributed by atoms with Crippen molar-refractivity contribution >= 4 is 5.91 Å². The monoisotopic (exact) mass is 252 g/mol. The Labute approximate surface area is 112 Å². The summed E-state index contributed by atoms with van der Waals surface area (Å²) in [7, 11) is 0. The molecule has 0 radical (unpaired) electrons. The number of hydrogen-bond donors (Lipinski definition) is 0. The first-order valence-electron chi connectivity index (χ1n) is 7.71. The van der Waals surface area contributed by atoms with Gasteiger partial charge in [0, 0.05) is 25.7 Å². The molecule has 2 rings (SSSR count). The summed E-state index contributed by atoms with van der Waals surface area (Å²) in [5.41, 5.74) is 0. The summed E-state index contributed by atoms with van der Waals surface area (Å²) in [6.07, 6.45) is 7.28. The molecule has 3 nitrogen and oxygen atoms in total. The predicted octanol–water partition coefficient (Wildman–Crippen LogP) is 2.51. The second-order valence-electron chi connectivity index (χ2n) is 6.17. The standard InChI is InChI=1S/C15H28N2O/c1-13(2)17-11-7-8-14(12-17)15(18)16-9-5-3-4-6-10-16/h13-14H,3-12H2,1-2H3. The van der Waals surface area contributed by atoms with Gasteiger partial charge in [0.15, 0.2) is 0 Å². The third-order valence-corrected chi connectivity index (χ3v) is 4.45. The van der Waals surface area contributed by atoms with Gasteiger partial charge in [0.2, 0.25) is 5.91 Å². The van der Waals surface area contributed by atoms with Crippen LogP contribution in [0.4, 0.5) is 0 Å². The Morgan fingerprint density at radius 2 is 1.67 bits per heavy atom. The molecule has 2 heterocycles. The van der Waals surface area contributed by atoms with Crippen LogP contribution in [0.25, 0.3) is 0 Å². The van der Waals surface area contributed by atoms with Gasteiger partial charge in [-0.1, -0.05) is 12.8 Å². The lowest BCUT2D eigenvalue weighted by molar-refractivity contribution is -0.137. The Hall–Kier alpha value is -0.570. The summed E-state index contributed by atoms with van der Waals surface area (Å²) in [6.45, 7) is 8.61. The highest BCUT2D eigenvalue weighted by atomic mass is 16.2. The predicted molar refractivity (Wildman–Crippen MR) is 74.5 cm³/mol. The summed E-state index contributed by atoms with van der Waals surface area (Å²) in [6, 6.07) is 0.574. The highest BCUT2D eigenvalue weighted by molar-refractivity contribution is 5.79. The normalized spacial score (nSPS) is 27.3. The van der Waals surface area contributed by atoms with E-state index < -0.39 is 0 Å². The van der Waals surface area contributed by atoms with Crippen LogP contribution in [0.3, 0.4) is 0 Å². The van der Waals surface area contributed by atoms with E-state index in [1.165, 1.54) is 38.6 Å². The van der Waals surface area contributed by atoms with E-state index >= 15 is 0 Å². The molecule has 0 aromatic heterocycles. The summed E-state index contributed by atoms with van der Waals surface area (Å²) < 4.78 is 0. The van der Waals surface area contributed by atoms with Gasteiger partial charge in [-0.3, -0.25) is 4.79 Å². The van der Waals surface area contributed by atoms with Crippen LogP contribution >= 0.6 is 0 Å². The van der Waals surface area contributed by atoms with Crippen molar-refractivity contribution < 1.29 is 4.79 Å². The van der Waals surface area contributed by atoms with Gasteiger partial charge in [0.05, 0.1) is 5.92 Å². The molecule has 2 fully saturated rings. The molecule has 3 heteroatoms. The zero-order valence-electron chi connectivity index (χ0n) is 12.0. The second kappa shape index (κ2) is 6.55.